The van der Waals surface area contributed by atoms with Crippen molar-refractivity contribution in [2.24, 2.45) is 0 Å². The van der Waals surface area contributed by atoms with Gasteiger partial charge in [-0.05, 0) is 24.8 Å². The van der Waals surface area contributed by atoms with Crippen LogP contribution in [0.1, 0.15) is 35.3 Å². The van der Waals surface area contributed by atoms with Crippen molar-refractivity contribution < 1.29 is 14.7 Å². The van der Waals surface area contributed by atoms with Crippen molar-refractivity contribution in [2.45, 2.75) is 31.3 Å². The Balaban J connectivity index is 1.68. The van der Waals surface area contributed by atoms with Crippen LogP contribution in [0.2, 0.25) is 0 Å². The second kappa shape index (κ2) is 5.59. The quantitative estimate of drug-likeness (QED) is 0.860. The van der Waals surface area contributed by atoms with Crippen LogP contribution in [0.15, 0.2) is 36.5 Å². The van der Waals surface area contributed by atoms with Gasteiger partial charge in [-0.25, -0.2) is 9.48 Å². The number of aliphatic carboxylic acids is 1. The van der Waals surface area contributed by atoms with Crippen LogP contribution in [0.5, 0.6) is 0 Å². The van der Waals surface area contributed by atoms with Crippen LogP contribution in [-0.4, -0.2) is 37.5 Å². The fourth-order valence-electron chi connectivity index (χ4n) is 2.45. The number of carbonyl (C=O) groups is 2. The molecule has 22 heavy (non-hydrogen) atoms. The third-order valence-corrected chi connectivity index (χ3v) is 3.93. The highest BCUT2D eigenvalue weighted by atomic mass is 16.4. The third-order valence-electron chi connectivity index (χ3n) is 3.93. The summed E-state index contributed by atoms with van der Waals surface area (Å²) < 4.78 is 1.55. The molecule has 3 rings (SSSR count). The van der Waals surface area contributed by atoms with Gasteiger partial charge in [-0.15, -0.1) is 5.10 Å². The molecule has 1 amide bonds. The van der Waals surface area contributed by atoms with E-state index in [9.17, 15) is 14.7 Å². The van der Waals surface area contributed by atoms with Crippen molar-refractivity contribution in [3.8, 4) is 0 Å². The van der Waals surface area contributed by atoms with Crippen LogP contribution in [0, 0.1) is 0 Å². The van der Waals surface area contributed by atoms with Gasteiger partial charge >= 0.3 is 5.97 Å². The van der Waals surface area contributed by atoms with E-state index in [0.29, 0.717) is 19.4 Å². The Morgan fingerprint density at radius 3 is 2.59 bits per heavy atom. The molecule has 2 aromatic rings. The molecule has 114 valence electrons. The summed E-state index contributed by atoms with van der Waals surface area (Å²) in [6.07, 6.45) is 3.22. The zero-order chi connectivity index (χ0) is 15.6. The van der Waals surface area contributed by atoms with Crippen molar-refractivity contribution in [1.29, 1.82) is 0 Å². The second-order valence-corrected chi connectivity index (χ2v) is 5.48. The molecule has 1 aromatic carbocycles. The summed E-state index contributed by atoms with van der Waals surface area (Å²) >= 11 is 0. The maximum Gasteiger partial charge on any atom is 0.329 e. The van der Waals surface area contributed by atoms with Crippen molar-refractivity contribution in [3.63, 3.8) is 0 Å². The summed E-state index contributed by atoms with van der Waals surface area (Å²) in [6.45, 7) is 0.505. The van der Waals surface area contributed by atoms with Crippen LogP contribution in [0.4, 0.5) is 0 Å². The molecule has 0 bridgehead atoms. The molecule has 1 fully saturated rings. The zero-order valence-electron chi connectivity index (χ0n) is 11.9. The van der Waals surface area contributed by atoms with Gasteiger partial charge in [-0.3, -0.25) is 4.79 Å². The lowest BCUT2D eigenvalue weighted by Gasteiger charge is -2.37. The third kappa shape index (κ3) is 2.69. The Labute approximate surface area is 126 Å². The van der Waals surface area contributed by atoms with E-state index in [1.807, 2.05) is 30.3 Å². The number of nitrogens with zero attached hydrogens (tertiary/aromatic N) is 3. The molecule has 1 aliphatic rings. The SMILES string of the molecule is O=C(NC1(C(=O)O)CCC1)c1cn(Cc2ccccc2)nn1. The van der Waals surface area contributed by atoms with Gasteiger partial charge < -0.3 is 10.4 Å². The maximum absolute atomic E-state index is 12.1. The van der Waals surface area contributed by atoms with Crippen LogP contribution >= 0.6 is 0 Å². The first kappa shape index (κ1) is 14.2. The molecule has 1 aliphatic carbocycles. The van der Waals surface area contributed by atoms with Crippen LogP contribution in [0.3, 0.4) is 0 Å². The molecule has 0 saturated heterocycles. The van der Waals surface area contributed by atoms with Crippen LogP contribution in [0.25, 0.3) is 0 Å². The number of amides is 1. The molecular formula is C15H16N4O3. The molecule has 0 unspecified atom stereocenters. The van der Waals surface area contributed by atoms with E-state index in [1.54, 1.807) is 4.68 Å². The number of aromatic nitrogens is 3. The number of rotatable bonds is 5. The minimum atomic E-state index is -1.14. The van der Waals surface area contributed by atoms with Crippen LogP contribution in [-0.2, 0) is 11.3 Å². The van der Waals surface area contributed by atoms with E-state index >= 15 is 0 Å². The summed E-state index contributed by atoms with van der Waals surface area (Å²) in [5.74, 6) is -1.50. The lowest BCUT2D eigenvalue weighted by atomic mass is 9.76. The Hall–Kier alpha value is -2.70. The number of carboxylic acids is 1. The average Bonchev–Trinajstić information content (AvgIpc) is 2.92. The Kier molecular flexibility index (Phi) is 3.62. The molecule has 2 N–H and O–H groups in total. The molecule has 7 nitrogen and oxygen atoms in total. The average molecular weight is 300 g/mol. The number of hydrogen-bond donors (Lipinski definition) is 2. The minimum absolute atomic E-state index is 0.128. The fraction of sp³-hybridized carbons (Fsp3) is 0.333. The molecule has 1 heterocycles. The maximum atomic E-state index is 12.1. The van der Waals surface area contributed by atoms with Crippen molar-refractivity contribution in [3.05, 3.63) is 47.8 Å². The summed E-state index contributed by atoms with van der Waals surface area (Å²) in [5, 5.41) is 19.5. The highest BCUT2D eigenvalue weighted by Crippen LogP contribution is 2.32. The van der Waals surface area contributed by atoms with Gasteiger partial charge in [0.15, 0.2) is 5.69 Å². The predicted octanol–water partition coefficient (Wildman–Crippen LogP) is 1.06. The van der Waals surface area contributed by atoms with Gasteiger partial charge in [0, 0.05) is 0 Å². The monoisotopic (exact) mass is 300 g/mol. The van der Waals surface area contributed by atoms with Crippen molar-refractivity contribution >= 4 is 11.9 Å². The topological polar surface area (TPSA) is 97.1 Å². The standard InChI is InChI=1S/C15H16N4O3/c20-13(16-15(14(21)22)7-4-8-15)12-10-19(18-17-12)9-11-5-2-1-3-6-11/h1-3,5-6,10H,4,7-9H2,(H,16,20)(H,21,22). The molecule has 1 aromatic heterocycles. The smallest absolute Gasteiger partial charge is 0.329 e. The summed E-state index contributed by atoms with van der Waals surface area (Å²) in [5.41, 5.74) is 0.0316. The van der Waals surface area contributed by atoms with E-state index in [4.69, 9.17) is 0 Å². The number of benzene rings is 1. The van der Waals surface area contributed by atoms with E-state index in [-0.39, 0.29) is 5.69 Å². The molecule has 7 heteroatoms. The van der Waals surface area contributed by atoms with E-state index in [0.717, 1.165) is 12.0 Å². The summed E-state index contributed by atoms with van der Waals surface area (Å²) in [4.78, 5) is 23.4. The molecule has 1 saturated carbocycles. The van der Waals surface area contributed by atoms with Gasteiger partial charge in [-0.1, -0.05) is 35.5 Å². The van der Waals surface area contributed by atoms with Gasteiger partial charge in [0.25, 0.3) is 5.91 Å². The van der Waals surface area contributed by atoms with E-state index in [1.165, 1.54) is 6.20 Å². The highest BCUT2D eigenvalue weighted by Gasteiger charge is 2.46. The Morgan fingerprint density at radius 1 is 1.27 bits per heavy atom. The normalized spacial score (nSPS) is 15.8. The molecule has 0 aliphatic heterocycles. The lowest BCUT2D eigenvalue weighted by molar-refractivity contribution is -0.148. The van der Waals surface area contributed by atoms with Gasteiger partial charge in [0.1, 0.15) is 5.54 Å². The fourth-order valence-corrected chi connectivity index (χ4v) is 2.45. The lowest BCUT2D eigenvalue weighted by Crippen LogP contribution is -2.59. The number of nitrogens with one attached hydrogen (secondary N) is 1. The first-order chi connectivity index (χ1) is 10.6. The predicted molar refractivity (Wildman–Crippen MR) is 77.3 cm³/mol. The molecular weight excluding hydrogens is 284 g/mol. The first-order valence-electron chi connectivity index (χ1n) is 7.09. The number of carboxylic acid groups (broad SMARTS) is 1. The van der Waals surface area contributed by atoms with Gasteiger partial charge in [0.05, 0.1) is 12.7 Å². The number of carbonyl (C=O) groups excluding carboxylic acids is 1. The zero-order valence-corrected chi connectivity index (χ0v) is 11.9. The molecule has 0 atom stereocenters. The highest BCUT2D eigenvalue weighted by molar-refractivity contribution is 5.96. The summed E-state index contributed by atoms with van der Waals surface area (Å²) in [6, 6.07) is 9.68. The Morgan fingerprint density at radius 2 is 2.00 bits per heavy atom. The summed E-state index contributed by atoms with van der Waals surface area (Å²) in [7, 11) is 0. The van der Waals surface area contributed by atoms with Crippen molar-refractivity contribution in [2.75, 3.05) is 0 Å². The largest absolute Gasteiger partial charge is 0.480 e. The van der Waals surface area contributed by atoms with Crippen LogP contribution < -0.4 is 5.32 Å². The van der Waals surface area contributed by atoms with Gasteiger partial charge in [-0.2, -0.15) is 0 Å². The Bertz CT molecular complexity index is 692. The van der Waals surface area contributed by atoms with Gasteiger partial charge in [0.2, 0.25) is 0 Å². The molecule has 0 radical (unpaired) electrons. The number of hydrogen-bond acceptors (Lipinski definition) is 4. The second-order valence-electron chi connectivity index (χ2n) is 5.48. The van der Waals surface area contributed by atoms with E-state index in [2.05, 4.69) is 15.6 Å². The minimum Gasteiger partial charge on any atom is -0.480 e. The van der Waals surface area contributed by atoms with E-state index < -0.39 is 17.4 Å². The van der Waals surface area contributed by atoms with Crippen molar-refractivity contribution in [1.82, 2.24) is 20.3 Å². The molecule has 0 spiro atoms. The first-order valence-corrected chi connectivity index (χ1v) is 7.09.